The van der Waals surface area contributed by atoms with E-state index < -0.39 is 6.29 Å². The highest BCUT2D eigenvalue weighted by Crippen LogP contribution is 2.25. The van der Waals surface area contributed by atoms with Crippen LogP contribution in [0.5, 0.6) is 11.5 Å². The Bertz CT molecular complexity index is 330. The molecule has 0 amide bonds. The third-order valence-electron chi connectivity index (χ3n) is 2.51. The number of benzene rings is 1. The number of phenolic OH excluding ortho intramolecular Hbond substituents is 2. The highest BCUT2D eigenvalue weighted by atomic mass is 16.6. The summed E-state index contributed by atoms with van der Waals surface area (Å²) in [5.74, 6) is 0.0899. The van der Waals surface area contributed by atoms with E-state index in [1.54, 1.807) is 12.1 Å². The summed E-state index contributed by atoms with van der Waals surface area (Å²) in [6.07, 6.45) is 1.36. The number of ether oxygens (including phenoxy) is 1. The van der Waals surface area contributed by atoms with E-state index >= 15 is 0 Å². The predicted octanol–water partition coefficient (Wildman–Crippen LogP) is 1.14. The topological polar surface area (TPSA) is 69.9 Å². The Morgan fingerprint density at radius 3 is 2.33 bits per heavy atom. The van der Waals surface area contributed by atoms with Gasteiger partial charge in [-0.05, 0) is 30.5 Å². The van der Waals surface area contributed by atoms with Crippen molar-refractivity contribution in [2.45, 2.75) is 31.7 Å². The van der Waals surface area contributed by atoms with Crippen molar-refractivity contribution in [3.63, 3.8) is 0 Å². The smallest absolute Gasteiger partial charge is 0.155 e. The maximum Gasteiger partial charge on any atom is 0.155 e. The number of aromatic hydroxyl groups is 2. The number of phenols is 2. The molecule has 1 aliphatic heterocycles. The van der Waals surface area contributed by atoms with E-state index in [-0.39, 0.29) is 17.6 Å². The number of aliphatic hydroxyl groups is 1. The Kier molecular flexibility index (Phi) is 2.79. The van der Waals surface area contributed by atoms with Crippen molar-refractivity contribution < 1.29 is 20.1 Å². The van der Waals surface area contributed by atoms with Gasteiger partial charge in [0.1, 0.15) is 11.5 Å². The molecule has 2 atom stereocenters. The van der Waals surface area contributed by atoms with Crippen LogP contribution >= 0.6 is 0 Å². The molecule has 0 aromatic heterocycles. The van der Waals surface area contributed by atoms with Crippen LogP contribution in [0, 0.1) is 0 Å². The molecule has 3 N–H and O–H groups in total. The first-order valence-corrected chi connectivity index (χ1v) is 4.99. The Balaban J connectivity index is 2.04. The molecule has 0 bridgehead atoms. The maximum atomic E-state index is 9.27. The third kappa shape index (κ3) is 2.61. The molecule has 82 valence electrons. The van der Waals surface area contributed by atoms with Gasteiger partial charge >= 0.3 is 0 Å². The Morgan fingerprint density at radius 2 is 1.80 bits per heavy atom. The van der Waals surface area contributed by atoms with Gasteiger partial charge in [-0.2, -0.15) is 0 Å². The summed E-state index contributed by atoms with van der Waals surface area (Å²) in [6, 6.07) is 4.47. The van der Waals surface area contributed by atoms with Gasteiger partial charge in [-0.1, -0.05) is 0 Å². The van der Waals surface area contributed by atoms with Crippen LogP contribution in [-0.4, -0.2) is 27.7 Å². The summed E-state index contributed by atoms with van der Waals surface area (Å²) in [5.41, 5.74) is 0.812. The number of hydrogen-bond acceptors (Lipinski definition) is 4. The van der Waals surface area contributed by atoms with Gasteiger partial charge in [0, 0.05) is 12.5 Å². The molecule has 0 spiro atoms. The fraction of sp³-hybridized carbons (Fsp3) is 0.455. The van der Waals surface area contributed by atoms with Crippen LogP contribution in [0.2, 0.25) is 0 Å². The Hall–Kier alpha value is -1.26. The summed E-state index contributed by atoms with van der Waals surface area (Å²) >= 11 is 0. The van der Waals surface area contributed by atoms with Crippen molar-refractivity contribution in [2.75, 3.05) is 0 Å². The Morgan fingerprint density at radius 1 is 1.13 bits per heavy atom. The summed E-state index contributed by atoms with van der Waals surface area (Å²) in [4.78, 5) is 0. The first-order chi connectivity index (χ1) is 7.13. The highest BCUT2D eigenvalue weighted by molar-refractivity contribution is 5.36. The van der Waals surface area contributed by atoms with Crippen LogP contribution in [0.25, 0.3) is 0 Å². The van der Waals surface area contributed by atoms with E-state index in [2.05, 4.69) is 0 Å². The van der Waals surface area contributed by atoms with Crippen LogP contribution in [0.4, 0.5) is 0 Å². The molecule has 4 nitrogen and oxygen atoms in total. The lowest BCUT2D eigenvalue weighted by Crippen LogP contribution is -2.12. The van der Waals surface area contributed by atoms with E-state index in [0.29, 0.717) is 12.8 Å². The molecule has 0 aliphatic carbocycles. The van der Waals surface area contributed by atoms with E-state index in [0.717, 1.165) is 12.0 Å². The second kappa shape index (κ2) is 4.08. The van der Waals surface area contributed by atoms with Crippen molar-refractivity contribution in [2.24, 2.45) is 0 Å². The fourth-order valence-corrected chi connectivity index (χ4v) is 1.87. The fourth-order valence-electron chi connectivity index (χ4n) is 1.87. The van der Waals surface area contributed by atoms with Gasteiger partial charge in [-0.15, -0.1) is 0 Å². The average molecular weight is 210 g/mol. The first kappa shape index (κ1) is 10.3. The molecular weight excluding hydrogens is 196 g/mol. The minimum atomic E-state index is -0.666. The van der Waals surface area contributed by atoms with Gasteiger partial charge in [0.05, 0.1) is 6.10 Å². The van der Waals surface area contributed by atoms with E-state index in [9.17, 15) is 10.2 Å². The van der Waals surface area contributed by atoms with Crippen molar-refractivity contribution in [1.82, 2.24) is 0 Å². The predicted molar refractivity (Wildman–Crippen MR) is 53.6 cm³/mol. The van der Waals surface area contributed by atoms with Crippen LogP contribution in [0.15, 0.2) is 18.2 Å². The normalized spacial score (nSPS) is 25.7. The lowest BCUT2D eigenvalue weighted by Gasteiger charge is -2.10. The number of hydrogen-bond donors (Lipinski definition) is 3. The lowest BCUT2D eigenvalue weighted by molar-refractivity contribution is -0.0895. The van der Waals surface area contributed by atoms with E-state index in [4.69, 9.17) is 9.84 Å². The van der Waals surface area contributed by atoms with Crippen LogP contribution in [0.3, 0.4) is 0 Å². The quantitative estimate of drug-likeness (QED) is 0.684. The summed E-state index contributed by atoms with van der Waals surface area (Å²) in [5, 5.41) is 27.7. The molecule has 1 aliphatic rings. The summed E-state index contributed by atoms with van der Waals surface area (Å²) in [7, 11) is 0. The maximum absolute atomic E-state index is 9.27. The van der Waals surface area contributed by atoms with Gasteiger partial charge in [0.2, 0.25) is 0 Å². The molecule has 1 heterocycles. The van der Waals surface area contributed by atoms with Gasteiger partial charge < -0.3 is 20.1 Å². The van der Waals surface area contributed by atoms with Gasteiger partial charge in [-0.3, -0.25) is 0 Å². The summed E-state index contributed by atoms with van der Waals surface area (Å²) in [6.45, 7) is 0. The molecule has 1 fully saturated rings. The summed E-state index contributed by atoms with van der Waals surface area (Å²) < 4.78 is 5.24. The van der Waals surface area contributed by atoms with Gasteiger partial charge in [0.25, 0.3) is 0 Å². The Labute approximate surface area is 87.7 Å². The highest BCUT2D eigenvalue weighted by Gasteiger charge is 2.23. The monoisotopic (exact) mass is 210 g/mol. The largest absolute Gasteiger partial charge is 0.508 e. The average Bonchev–Trinajstić information content (AvgIpc) is 2.49. The zero-order valence-corrected chi connectivity index (χ0v) is 8.26. The molecule has 1 aromatic carbocycles. The molecule has 0 radical (unpaired) electrons. The third-order valence-corrected chi connectivity index (χ3v) is 2.51. The van der Waals surface area contributed by atoms with Gasteiger partial charge in [0.15, 0.2) is 6.29 Å². The molecular formula is C11H14O4. The lowest BCUT2D eigenvalue weighted by atomic mass is 10.1. The molecule has 15 heavy (non-hydrogen) atoms. The molecule has 2 rings (SSSR count). The minimum absolute atomic E-state index is 0.0267. The number of rotatable bonds is 2. The van der Waals surface area contributed by atoms with E-state index in [1.165, 1.54) is 6.07 Å². The van der Waals surface area contributed by atoms with Crippen molar-refractivity contribution in [3.05, 3.63) is 23.8 Å². The first-order valence-electron chi connectivity index (χ1n) is 4.99. The molecule has 1 saturated heterocycles. The number of aliphatic hydroxyl groups excluding tert-OH is 1. The van der Waals surface area contributed by atoms with Crippen molar-refractivity contribution >= 4 is 0 Å². The zero-order chi connectivity index (χ0) is 10.8. The van der Waals surface area contributed by atoms with Crippen LogP contribution in [0.1, 0.15) is 18.4 Å². The zero-order valence-electron chi connectivity index (χ0n) is 8.26. The standard InChI is InChI=1S/C11H14O4/c12-8-3-7(4-9(13)6-8)5-10-1-2-11(14)15-10/h3-4,6,10-14H,1-2,5H2. The molecule has 1 aromatic rings. The van der Waals surface area contributed by atoms with Crippen LogP contribution in [-0.2, 0) is 11.2 Å². The second-order valence-corrected chi connectivity index (χ2v) is 3.85. The molecule has 0 saturated carbocycles. The van der Waals surface area contributed by atoms with Crippen molar-refractivity contribution in [1.29, 1.82) is 0 Å². The SMILES string of the molecule is Oc1cc(O)cc(CC2CCC(O)O2)c1. The van der Waals surface area contributed by atoms with E-state index in [1.807, 2.05) is 0 Å². The van der Waals surface area contributed by atoms with Gasteiger partial charge in [-0.25, -0.2) is 0 Å². The minimum Gasteiger partial charge on any atom is -0.508 e. The molecule has 2 unspecified atom stereocenters. The molecule has 4 heteroatoms. The van der Waals surface area contributed by atoms with Crippen LogP contribution < -0.4 is 0 Å². The van der Waals surface area contributed by atoms with Crippen molar-refractivity contribution in [3.8, 4) is 11.5 Å². The second-order valence-electron chi connectivity index (χ2n) is 3.85.